The molecule has 8 nitrogen and oxygen atoms in total. The van der Waals surface area contributed by atoms with Gasteiger partial charge in [-0.3, -0.25) is 4.79 Å². The topological polar surface area (TPSA) is 109 Å². The highest BCUT2D eigenvalue weighted by molar-refractivity contribution is 5.94. The highest BCUT2D eigenvalue weighted by Crippen LogP contribution is 2.36. The van der Waals surface area contributed by atoms with Crippen molar-refractivity contribution >= 4 is 17.3 Å². The summed E-state index contributed by atoms with van der Waals surface area (Å²) in [5, 5.41) is 26.6. The molecule has 2 aromatic carbocycles. The largest absolute Gasteiger partial charge is 0.376 e. The van der Waals surface area contributed by atoms with Gasteiger partial charge in [-0.05, 0) is 59.7 Å². The zero-order chi connectivity index (χ0) is 18.6. The first-order chi connectivity index (χ1) is 13.2. The van der Waals surface area contributed by atoms with Crippen LogP contribution in [0.5, 0.6) is 0 Å². The van der Waals surface area contributed by atoms with E-state index in [-0.39, 0.29) is 12.5 Å². The predicted molar refractivity (Wildman–Crippen MR) is 99.8 cm³/mol. The maximum atomic E-state index is 12.2. The average molecular weight is 359 g/mol. The molecular weight excluding hydrogens is 342 g/mol. The van der Waals surface area contributed by atoms with Crippen molar-refractivity contribution in [3.8, 4) is 17.5 Å². The minimum absolute atomic E-state index is 0.121. The number of nitrogens with one attached hydrogen (secondary N) is 2. The standard InChI is InChI=1S/C19H17N7O/c20-11-13-4-6-15(7-5-13)21-12-18(27)22-16-3-1-2-14(10-16)19-23-24-25-26(19)17-8-9-17/h1-7,10,17,21H,8-9,12H2,(H,22,27). The van der Waals surface area contributed by atoms with E-state index in [0.717, 1.165) is 24.1 Å². The average Bonchev–Trinajstić information content (AvgIpc) is 3.43. The minimum atomic E-state index is -0.168. The number of nitrogens with zero attached hydrogens (tertiary/aromatic N) is 5. The Morgan fingerprint density at radius 3 is 2.74 bits per heavy atom. The van der Waals surface area contributed by atoms with Crippen LogP contribution in [0.2, 0.25) is 0 Å². The summed E-state index contributed by atoms with van der Waals surface area (Å²) in [5.74, 6) is 0.544. The van der Waals surface area contributed by atoms with E-state index in [1.54, 1.807) is 24.3 Å². The summed E-state index contributed by atoms with van der Waals surface area (Å²) in [6.45, 7) is 0.121. The number of anilines is 2. The molecule has 0 radical (unpaired) electrons. The quantitative estimate of drug-likeness (QED) is 0.700. The van der Waals surface area contributed by atoms with Crippen molar-refractivity contribution in [3.63, 3.8) is 0 Å². The third kappa shape index (κ3) is 3.93. The summed E-state index contributed by atoms with van der Waals surface area (Å²) in [6.07, 6.45) is 2.19. The van der Waals surface area contributed by atoms with E-state index in [1.807, 2.05) is 28.9 Å². The third-order valence-corrected chi connectivity index (χ3v) is 4.26. The van der Waals surface area contributed by atoms with Gasteiger partial charge in [-0.2, -0.15) is 5.26 Å². The number of hydrogen-bond donors (Lipinski definition) is 2. The van der Waals surface area contributed by atoms with Crippen LogP contribution in [0.4, 0.5) is 11.4 Å². The molecule has 1 aliphatic carbocycles. The van der Waals surface area contributed by atoms with Crippen LogP contribution in [0.25, 0.3) is 11.4 Å². The molecule has 1 aromatic heterocycles. The second-order valence-electron chi connectivity index (χ2n) is 6.35. The molecule has 0 atom stereocenters. The van der Waals surface area contributed by atoms with E-state index in [9.17, 15) is 4.79 Å². The maximum Gasteiger partial charge on any atom is 0.243 e. The number of aromatic nitrogens is 4. The Kier molecular flexibility index (Phi) is 4.49. The lowest BCUT2D eigenvalue weighted by atomic mass is 10.2. The summed E-state index contributed by atoms with van der Waals surface area (Å²) in [6, 6.07) is 16.9. The fourth-order valence-corrected chi connectivity index (χ4v) is 2.73. The van der Waals surface area contributed by atoms with Gasteiger partial charge < -0.3 is 10.6 Å². The van der Waals surface area contributed by atoms with Crippen LogP contribution in [0.1, 0.15) is 24.4 Å². The first-order valence-electron chi connectivity index (χ1n) is 8.65. The van der Waals surface area contributed by atoms with Crippen LogP contribution in [-0.2, 0) is 4.79 Å². The van der Waals surface area contributed by atoms with Crippen LogP contribution in [0.15, 0.2) is 48.5 Å². The molecule has 1 saturated carbocycles. The smallest absolute Gasteiger partial charge is 0.243 e. The molecule has 2 N–H and O–H groups in total. The molecule has 0 aliphatic heterocycles. The van der Waals surface area contributed by atoms with Crippen molar-refractivity contribution in [1.82, 2.24) is 20.2 Å². The lowest BCUT2D eigenvalue weighted by Gasteiger charge is -2.09. The van der Waals surface area contributed by atoms with Crippen LogP contribution in [0, 0.1) is 11.3 Å². The van der Waals surface area contributed by atoms with E-state index in [1.165, 1.54) is 0 Å². The Bertz CT molecular complexity index is 999. The summed E-state index contributed by atoms with van der Waals surface area (Å²) in [7, 11) is 0. The number of nitriles is 1. The van der Waals surface area contributed by atoms with Gasteiger partial charge in [0, 0.05) is 16.9 Å². The molecule has 27 heavy (non-hydrogen) atoms. The van der Waals surface area contributed by atoms with Crippen molar-refractivity contribution < 1.29 is 4.79 Å². The van der Waals surface area contributed by atoms with Gasteiger partial charge in [-0.1, -0.05) is 12.1 Å². The van der Waals surface area contributed by atoms with Crippen LogP contribution < -0.4 is 10.6 Å². The molecular formula is C19H17N7O. The van der Waals surface area contributed by atoms with E-state index >= 15 is 0 Å². The monoisotopic (exact) mass is 359 g/mol. The Balaban J connectivity index is 1.39. The molecule has 3 aromatic rings. The lowest BCUT2D eigenvalue weighted by molar-refractivity contribution is -0.114. The fourth-order valence-electron chi connectivity index (χ4n) is 2.73. The number of rotatable bonds is 6. The number of tetrazole rings is 1. The van der Waals surface area contributed by atoms with Crippen molar-refractivity contribution in [1.29, 1.82) is 5.26 Å². The predicted octanol–water partition coefficient (Wildman–Crippen LogP) is 2.60. The maximum absolute atomic E-state index is 12.2. The zero-order valence-corrected chi connectivity index (χ0v) is 14.5. The summed E-state index contributed by atoms with van der Waals surface area (Å²) in [4.78, 5) is 12.2. The van der Waals surface area contributed by atoms with Gasteiger partial charge in [-0.15, -0.1) is 5.10 Å². The van der Waals surface area contributed by atoms with Crippen molar-refractivity contribution in [2.45, 2.75) is 18.9 Å². The van der Waals surface area contributed by atoms with Crippen molar-refractivity contribution in [2.24, 2.45) is 0 Å². The molecule has 0 saturated heterocycles. The van der Waals surface area contributed by atoms with Gasteiger partial charge >= 0.3 is 0 Å². The van der Waals surface area contributed by atoms with Crippen LogP contribution >= 0.6 is 0 Å². The van der Waals surface area contributed by atoms with Gasteiger partial charge in [0.1, 0.15) is 0 Å². The third-order valence-electron chi connectivity index (χ3n) is 4.26. The fraction of sp³-hybridized carbons (Fsp3) is 0.211. The van der Waals surface area contributed by atoms with Crippen molar-refractivity contribution in [3.05, 3.63) is 54.1 Å². The Morgan fingerprint density at radius 2 is 2.00 bits per heavy atom. The SMILES string of the molecule is N#Cc1ccc(NCC(=O)Nc2cccc(-c3nnnn3C3CC3)c2)cc1. The molecule has 1 fully saturated rings. The second kappa shape index (κ2) is 7.25. The number of benzene rings is 2. The number of hydrogen-bond acceptors (Lipinski definition) is 6. The number of carbonyl (C=O) groups is 1. The summed E-state index contributed by atoms with van der Waals surface area (Å²) in [5.41, 5.74) is 2.91. The van der Waals surface area contributed by atoms with E-state index in [4.69, 9.17) is 5.26 Å². The Hall–Kier alpha value is -3.73. The van der Waals surface area contributed by atoms with E-state index in [0.29, 0.717) is 23.1 Å². The van der Waals surface area contributed by atoms with Gasteiger partial charge in [0.2, 0.25) is 5.91 Å². The van der Waals surface area contributed by atoms with Gasteiger partial charge in [-0.25, -0.2) is 4.68 Å². The number of amides is 1. The Labute approximate surface area is 155 Å². The molecule has 0 unspecified atom stereocenters. The molecule has 1 aliphatic rings. The highest BCUT2D eigenvalue weighted by Gasteiger charge is 2.28. The normalized spacial score (nSPS) is 13.0. The molecule has 8 heteroatoms. The van der Waals surface area contributed by atoms with E-state index < -0.39 is 0 Å². The first kappa shape index (κ1) is 16.7. The molecule has 4 rings (SSSR count). The van der Waals surface area contributed by atoms with Gasteiger partial charge in [0.25, 0.3) is 0 Å². The lowest BCUT2D eigenvalue weighted by Crippen LogP contribution is -2.21. The zero-order valence-electron chi connectivity index (χ0n) is 14.5. The molecule has 0 spiro atoms. The first-order valence-corrected chi connectivity index (χ1v) is 8.65. The summed E-state index contributed by atoms with van der Waals surface area (Å²) < 4.78 is 1.84. The molecule has 0 bridgehead atoms. The van der Waals surface area contributed by atoms with Gasteiger partial charge in [0.15, 0.2) is 5.82 Å². The van der Waals surface area contributed by atoms with Crippen molar-refractivity contribution in [2.75, 3.05) is 17.2 Å². The van der Waals surface area contributed by atoms with Gasteiger partial charge in [0.05, 0.1) is 24.2 Å². The molecule has 1 amide bonds. The van der Waals surface area contributed by atoms with Crippen LogP contribution in [0.3, 0.4) is 0 Å². The number of carbonyl (C=O) groups excluding carboxylic acids is 1. The molecule has 134 valence electrons. The molecule has 1 heterocycles. The Morgan fingerprint density at radius 1 is 1.19 bits per heavy atom. The second-order valence-corrected chi connectivity index (χ2v) is 6.35. The minimum Gasteiger partial charge on any atom is -0.376 e. The highest BCUT2D eigenvalue weighted by atomic mass is 16.1. The van der Waals surface area contributed by atoms with E-state index in [2.05, 4.69) is 32.2 Å². The van der Waals surface area contributed by atoms with Crippen LogP contribution in [-0.4, -0.2) is 32.7 Å². The summed E-state index contributed by atoms with van der Waals surface area (Å²) >= 11 is 0.